The van der Waals surface area contributed by atoms with Crippen molar-refractivity contribution >= 4 is 46.8 Å². The number of ketones is 4. The molecule has 2 aliphatic rings. The standard InChI is InChI=1S/C45H53N5O10/c1-2-12-31(42(55)35(51)19-20-38(54)49-39(43(46)56)30-17-10-5-11-18-30)23-36(52)34-24-32(60-27-28-13-6-3-7-14-28)26-50(34)44(57)33(29-15-8-4-9-16-29)25-37(53)40-41(45(58)59)48-22-21-47-40/h3,5-7,10-11,13-14,17-18,21-22,29,31-34,39H,2,4,8-9,12,15-16,19-20,23-27H2,1H3,(H2,46,56)(H,49,54)(H,58,59)/t31?,32-,33?,34+,39?/m1/s1. The number of benzene rings is 2. The first-order chi connectivity index (χ1) is 28.9. The van der Waals surface area contributed by atoms with Gasteiger partial charge in [-0.05, 0) is 36.3 Å². The van der Waals surface area contributed by atoms with Crippen LogP contribution in [0.5, 0.6) is 0 Å². The van der Waals surface area contributed by atoms with E-state index < -0.39 is 89.0 Å². The summed E-state index contributed by atoms with van der Waals surface area (Å²) < 4.78 is 6.25. The zero-order chi connectivity index (χ0) is 43.2. The predicted molar refractivity (Wildman–Crippen MR) is 217 cm³/mol. The van der Waals surface area contributed by atoms with Gasteiger partial charge < -0.3 is 25.8 Å². The van der Waals surface area contributed by atoms with Crippen LogP contribution in [0.25, 0.3) is 0 Å². The van der Waals surface area contributed by atoms with E-state index in [1.54, 1.807) is 30.3 Å². The summed E-state index contributed by atoms with van der Waals surface area (Å²) in [5, 5.41) is 12.2. The van der Waals surface area contributed by atoms with Crippen molar-refractivity contribution in [1.29, 1.82) is 0 Å². The summed E-state index contributed by atoms with van der Waals surface area (Å²) >= 11 is 0. The summed E-state index contributed by atoms with van der Waals surface area (Å²) in [5.74, 6) is -8.14. The van der Waals surface area contributed by atoms with Gasteiger partial charge in [-0.25, -0.2) is 14.8 Å². The first kappa shape index (κ1) is 45.1. The van der Waals surface area contributed by atoms with E-state index in [-0.39, 0.29) is 56.9 Å². The number of likely N-dealkylation sites (tertiary alicyclic amines) is 1. The molecule has 3 unspecified atom stereocenters. The topological polar surface area (TPSA) is 233 Å². The Morgan fingerprint density at radius 3 is 2.15 bits per heavy atom. The maximum absolute atomic E-state index is 14.8. The second kappa shape index (κ2) is 21.9. The molecular formula is C45H53N5O10. The van der Waals surface area contributed by atoms with Gasteiger partial charge in [-0.15, -0.1) is 0 Å². The Morgan fingerprint density at radius 1 is 0.867 bits per heavy atom. The molecule has 5 atom stereocenters. The molecule has 0 radical (unpaired) electrons. The number of amides is 3. The molecule has 1 aromatic heterocycles. The van der Waals surface area contributed by atoms with E-state index in [4.69, 9.17) is 10.5 Å². The number of carboxylic acid groups (broad SMARTS) is 1. The molecule has 2 fully saturated rings. The lowest BCUT2D eigenvalue weighted by Gasteiger charge is -2.34. The number of hydrogen-bond donors (Lipinski definition) is 3. The predicted octanol–water partition coefficient (Wildman–Crippen LogP) is 4.77. The number of Topliss-reactive ketones (excluding diaryl/α,β-unsaturated/α-hetero) is 4. The highest BCUT2D eigenvalue weighted by atomic mass is 16.5. The lowest BCUT2D eigenvalue weighted by molar-refractivity contribution is -0.144. The number of nitrogens with zero attached hydrogens (tertiary/aromatic N) is 3. The fourth-order valence-corrected chi connectivity index (χ4v) is 8.28. The minimum Gasteiger partial charge on any atom is -0.476 e. The van der Waals surface area contributed by atoms with Crippen molar-refractivity contribution in [2.24, 2.45) is 23.5 Å². The van der Waals surface area contributed by atoms with Crippen LogP contribution in [0.15, 0.2) is 73.1 Å². The molecule has 4 N–H and O–H groups in total. The number of nitrogens with one attached hydrogen (secondary N) is 1. The number of ether oxygens (including phenoxy) is 1. The Morgan fingerprint density at radius 2 is 1.52 bits per heavy atom. The average molecular weight is 824 g/mol. The molecule has 1 aliphatic heterocycles. The van der Waals surface area contributed by atoms with Gasteiger partial charge in [0.1, 0.15) is 11.7 Å². The molecule has 3 amide bonds. The maximum atomic E-state index is 14.8. The van der Waals surface area contributed by atoms with Gasteiger partial charge in [0.05, 0.1) is 18.8 Å². The summed E-state index contributed by atoms with van der Waals surface area (Å²) in [4.78, 5) is 116. The molecule has 0 bridgehead atoms. The Balaban J connectivity index is 1.33. The number of carbonyl (C=O) groups excluding carboxylic acids is 7. The molecule has 1 saturated carbocycles. The summed E-state index contributed by atoms with van der Waals surface area (Å²) in [7, 11) is 0. The van der Waals surface area contributed by atoms with Gasteiger partial charge in [0.15, 0.2) is 23.0 Å². The lowest BCUT2D eigenvalue weighted by atomic mass is 9.76. The Labute approximate surface area is 348 Å². The van der Waals surface area contributed by atoms with Gasteiger partial charge in [0, 0.05) is 62.9 Å². The smallest absolute Gasteiger partial charge is 0.356 e. The van der Waals surface area contributed by atoms with Crippen molar-refractivity contribution in [3.8, 4) is 0 Å². The van der Waals surface area contributed by atoms with Crippen LogP contribution in [-0.4, -0.2) is 85.5 Å². The number of hydrogen-bond acceptors (Lipinski definition) is 11. The minimum atomic E-state index is -1.42. The molecule has 1 aliphatic carbocycles. The van der Waals surface area contributed by atoms with Crippen LogP contribution >= 0.6 is 0 Å². The van der Waals surface area contributed by atoms with Crippen LogP contribution in [0, 0.1) is 17.8 Å². The average Bonchev–Trinajstić information content (AvgIpc) is 3.70. The lowest BCUT2D eigenvalue weighted by Crippen LogP contribution is -2.47. The van der Waals surface area contributed by atoms with Gasteiger partial charge >= 0.3 is 5.97 Å². The number of carbonyl (C=O) groups is 8. The van der Waals surface area contributed by atoms with Gasteiger partial charge in [-0.3, -0.25) is 33.6 Å². The van der Waals surface area contributed by atoms with Crippen molar-refractivity contribution in [2.75, 3.05) is 6.54 Å². The quantitative estimate of drug-likeness (QED) is 0.0919. The van der Waals surface area contributed by atoms with Crippen molar-refractivity contribution in [1.82, 2.24) is 20.2 Å². The van der Waals surface area contributed by atoms with Crippen LogP contribution in [0.2, 0.25) is 0 Å². The largest absolute Gasteiger partial charge is 0.476 e. The molecule has 0 spiro atoms. The van der Waals surface area contributed by atoms with E-state index in [1.165, 1.54) is 17.3 Å². The fourth-order valence-electron chi connectivity index (χ4n) is 8.28. The van der Waals surface area contributed by atoms with Crippen molar-refractivity contribution in [3.63, 3.8) is 0 Å². The molecular weight excluding hydrogens is 771 g/mol. The number of carboxylic acids is 1. The fraction of sp³-hybridized carbons (Fsp3) is 0.467. The third-order valence-electron chi connectivity index (χ3n) is 11.4. The van der Waals surface area contributed by atoms with E-state index >= 15 is 0 Å². The molecule has 2 heterocycles. The zero-order valence-electron chi connectivity index (χ0n) is 33.8. The summed E-state index contributed by atoms with van der Waals surface area (Å²) in [5.41, 5.74) is 6.01. The molecule has 15 nitrogen and oxygen atoms in total. The third-order valence-corrected chi connectivity index (χ3v) is 11.4. The molecule has 5 rings (SSSR count). The van der Waals surface area contributed by atoms with Crippen molar-refractivity contribution < 1.29 is 48.2 Å². The van der Waals surface area contributed by atoms with Crippen LogP contribution in [-0.2, 0) is 40.1 Å². The van der Waals surface area contributed by atoms with Crippen LogP contribution < -0.4 is 11.1 Å². The van der Waals surface area contributed by atoms with Gasteiger partial charge in [0.25, 0.3) is 0 Å². The molecule has 60 heavy (non-hydrogen) atoms. The molecule has 318 valence electrons. The second-order valence-electron chi connectivity index (χ2n) is 15.6. The van der Waals surface area contributed by atoms with Gasteiger partial charge in [-0.1, -0.05) is 93.3 Å². The van der Waals surface area contributed by atoms with E-state index in [9.17, 15) is 43.5 Å². The summed E-state index contributed by atoms with van der Waals surface area (Å²) in [6.07, 6.45) is 5.11. The van der Waals surface area contributed by atoms with E-state index in [2.05, 4.69) is 15.3 Å². The Bertz CT molecular complexity index is 2020. The number of aromatic carboxylic acids is 1. The molecule has 1 saturated heterocycles. The molecule has 3 aromatic rings. The van der Waals surface area contributed by atoms with Gasteiger partial charge in [0.2, 0.25) is 23.5 Å². The normalized spacial score (nSPS) is 18.2. The SMILES string of the molecule is CCCC(CC(=O)[C@@H]1C[C@@H](OCc2ccccc2)CN1C(=O)C(CC(=O)c1nccnc1C(=O)O)C1CCCCC1)C(=O)C(=O)CCC(=O)NC(C(N)=O)c1ccccc1. The van der Waals surface area contributed by atoms with Crippen LogP contribution in [0.4, 0.5) is 0 Å². The summed E-state index contributed by atoms with van der Waals surface area (Å²) in [6.45, 7) is 2.07. The third kappa shape index (κ3) is 12.1. The first-order valence-corrected chi connectivity index (χ1v) is 20.6. The van der Waals surface area contributed by atoms with Crippen LogP contribution in [0.3, 0.4) is 0 Å². The molecule has 15 heteroatoms. The monoisotopic (exact) mass is 823 g/mol. The first-order valence-electron chi connectivity index (χ1n) is 20.6. The highest BCUT2D eigenvalue weighted by Gasteiger charge is 2.45. The number of aromatic nitrogens is 2. The van der Waals surface area contributed by atoms with Gasteiger partial charge in [-0.2, -0.15) is 0 Å². The number of rotatable bonds is 22. The van der Waals surface area contributed by atoms with E-state index in [1.807, 2.05) is 37.3 Å². The highest BCUT2D eigenvalue weighted by Crippen LogP contribution is 2.36. The van der Waals surface area contributed by atoms with Crippen LogP contribution in [0.1, 0.15) is 122 Å². The Kier molecular flexibility index (Phi) is 16.5. The zero-order valence-corrected chi connectivity index (χ0v) is 33.8. The maximum Gasteiger partial charge on any atom is 0.356 e. The highest BCUT2D eigenvalue weighted by molar-refractivity contribution is 6.38. The van der Waals surface area contributed by atoms with Crippen molar-refractivity contribution in [3.05, 3.63) is 95.6 Å². The second-order valence-corrected chi connectivity index (χ2v) is 15.6. The summed E-state index contributed by atoms with van der Waals surface area (Å²) in [6, 6.07) is 15.6. The molecule has 2 aromatic carbocycles. The number of nitrogens with two attached hydrogens (primary N) is 1. The van der Waals surface area contributed by atoms with E-state index in [0.717, 1.165) is 24.8 Å². The Hall–Kier alpha value is -5.96. The van der Waals surface area contributed by atoms with E-state index in [0.29, 0.717) is 24.8 Å². The van der Waals surface area contributed by atoms with Crippen molar-refractivity contribution in [2.45, 2.75) is 109 Å². The minimum absolute atomic E-state index is 0.0424. The number of primary amides is 1.